The predicted octanol–water partition coefficient (Wildman–Crippen LogP) is 1.84. The van der Waals surface area contributed by atoms with Crippen molar-refractivity contribution < 1.29 is 0 Å². The summed E-state index contributed by atoms with van der Waals surface area (Å²) in [5, 5.41) is 4.61. The Balaban J connectivity index is 2.47. The van der Waals surface area contributed by atoms with Crippen LogP contribution < -0.4 is 10.6 Å². The zero-order chi connectivity index (χ0) is 13.1. The molecule has 0 fully saturated rings. The molecule has 18 heavy (non-hydrogen) atoms. The van der Waals surface area contributed by atoms with Crippen molar-refractivity contribution in [1.29, 1.82) is 0 Å². The number of rotatable bonds is 5. The van der Waals surface area contributed by atoms with Crippen molar-refractivity contribution in [1.82, 2.24) is 14.6 Å². The second-order valence-corrected chi connectivity index (χ2v) is 4.77. The Morgan fingerprint density at radius 3 is 2.67 bits per heavy atom. The summed E-state index contributed by atoms with van der Waals surface area (Å²) in [5.74, 6) is 0.963. The minimum atomic E-state index is 0.589. The van der Waals surface area contributed by atoms with Crippen LogP contribution in [0.5, 0.6) is 0 Å². The number of imidazole rings is 1. The van der Waals surface area contributed by atoms with E-state index in [1.165, 1.54) is 0 Å². The molecule has 0 aliphatic carbocycles. The van der Waals surface area contributed by atoms with Crippen LogP contribution in [0.25, 0.3) is 5.65 Å². The van der Waals surface area contributed by atoms with Crippen molar-refractivity contribution in [3.63, 3.8) is 0 Å². The van der Waals surface area contributed by atoms with Crippen molar-refractivity contribution in [2.24, 2.45) is 5.73 Å². The molecule has 0 unspecified atom stereocenters. The zero-order valence-corrected chi connectivity index (χ0v) is 12.3. The van der Waals surface area contributed by atoms with Crippen LogP contribution in [0.2, 0.25) is 0 Å². The average Bonchev–Trinajstić information content (AvgIpc) is 2.69. The largest absolute Gasteiger partial charge is 0.356 e. The van der Waals surface area contributed by atoms with Crippen LogP contribution >= 0.6 is 15.9 Å². The lowest BCUT2D eigenvalue weighted by Gasteiger charge is -2.19. The van der Waals surface area contributed by atoms with Gasteiger partial charge in [-0.2, -0.15) is 0 Å². The molecule has 0 aromatic carbocycles. The van der Waals surface area contributed by atoms with Gasteiger partial charge in [0.05, 0.1) is 5.69 Å². The summed E-state index contributed by atoms with van der Waals surface area (Å²) < 4.78 is 2.73. The molecule has 0 bridgehead atoms. The molecule has 2 N–H and O–H groups in total. The first-order chi connectivity index (χ1) is 8.71. The van der Waals surface area contributed by atoms with Gasteiger partial charge in [-0.3, -0.25) is 0 Å². The summed E-state index contributed by atoms with van der Waals surface area (Å²) in [6.45, 7) is 6.72. The van der Waals surface area contributed by atoms with Crippen LogP contribution in [-0.4, -0.2) is 34.2 Å². The van der Waals surface area contributed by atoms with Crippen LogP contribution in [0, 0.1) is 0 Å². The van der Waals surface area contributed by atoms with Crippen LogP contribution in [0.3, 0.4) is 0 Å². The summed E-state index contributed by atoms with van der Waals surface area (Å²) in [5.41, 5.74) is 7.38. The molecule has 98 valence electrons. The second kappa shape index (κ2) is 5.67. The first-order valence-electron chi connectivity index (χ1n) is 6.20. The van der Waals surface area contributed by atoms with Crippen LogP contribution in [0.1, 0.15) is 19.5 Å². The average molecular weight is 312 g/mol. The van der Waals surface area contributed by atoms with E-state index in [1.807, 2.05) is 16.6 Å². The third-order valence-electron chi connectivity index (χ3n) is 2.94. The molecule has 6 heteroatoms. The van der Waals surface area contributed by atoms with Gasteiger partial charge in [0.15, 0.2) is 5.65 Å². The highest BCUT2D eigenvalue weighted by molar-refractivity contribution is 9.10. The Kier molecular flexibility index (Phi) is 4.19. The summed E-state index contributed by atoms with van der Waals surface area (Å²) in [6, 6.07) is 4.00. The Labute approximate surface area is 115 Å². The third kappa shape index (κ3) is 2.35. The van der Waals surface area contributed by atoms with Gasteiger partial charge in [0.25, 0.3) is 0 Å². The maximum atomic E-state index is 5.57. The number of hydrogen-bond donors (Lipinski definition) is 1. The number of halogens is 1. The predicted molar refractivity (Wildman–Crippen MR) is 77.0 cm³/mol. The van der Waals surface area contributed by atoms with Gasteiger partial charge in [-0.25, -0.2) is 9.50 Å². The number of nitrogens with zero attached hydrogens (tertiary/aromatic N) is 4. The normalized spacial score (nSPS) is 11.1. The van der Waals surface area contributed by atoms with Gasteiger partial charge in [-0.1, -0.05) is 0 Å². The van der Waals surface area contributed by atoms with E-state index < -0.39 is 0 Å². The van der Waals surface area contributed by atoms with E-state index in [-0.39, 0.29) is 0 Å². The first-order valence-corrected chi connectivity index (χ1v) is 6.99. The van der Waals surface area contributed by atoms with Crippen molar-refractivity contribution in [3.05, 3.63) is 22.4 Å². The van der Waals surface area contributed by atoms with Gasteiger partial charge in [0, 0.05) is 19.5 Å². The topological polar surface area (TPSA) is 59.5 Å². The summed E-state index contributed by atoms with van der Waals surface area (Å²) in [6.07, 6.45) is 0.755. The van der Waals surface area contributed by atoms with Crippen LogP contribution in [-0.2, 0) is 6.42 Å². The first kappa shape index (κ1) is 13.3. The lowest BCUT2D eigenvalue weighted by atomic mass is 10.3. The Hall–Kier alpha value is -1.14. The molecule has 0 saturated carbocycles. The minimum absolute atomic E-state index is 0.589. The molecule has 0 radical (unpaired) electrons. The van der Waals surface area contributed by atoms with Crippen LogP contribution in [0.15, 0.2) is 16.7 Å². The number of hydrogen-bond acceptors (Lipinski definition) is 4. The van der Waals surface area contributed by atoms with Gasteiger partial charge < -0.3 is 10.6 Å². The standard InChI is InChI=1S/C12H18BrN5/c1-3-17(4-2)11-6-5-10-15-9(7-8-14)12(13)18(10)16-11/h5-6H,3-4,7-8,14H2,1-2H3. The quantitative estimate of drug-likeness (QED) is 0.915. The molecule has 2 rings (SSSR count). The molecule has 0 atom stereocenters. The van der Waals surface area contributed by atoms with Crippen molar-refractivity contribution in [3.8, 4) is 0 Å². The lowest BCUT2D eigenvalue weighted by Crippen LogP contribution is -2.23. The molecule has 0 spiro atoms. The molecular weight excluding hydrogens is 294 g/mol. The molecule has 0 amide bonds. The number of fused-ring (bicyclic) bond motifs is 1. The Morgan fingerprint density at radius 1 is 1.33 bits per heavy atom. The third-order valence-corrected chi connectivity index (χ3v) is 3.74. The van der Waals surface area contributed by atoms with Crippen molar-refractivity contribution in [2.75, 3.05) is 24.5 Å². The van der Waals surface area contributed by atoms with Gasteiger partial charge >= 0.3 is 0 Å². The van der Waals surface area contributed by atoms with E-state index in [4.69, 9.17) is 5.73 Å². The molecule has 2 heterocycles. The van der Waals surface area contributed by atoms with Crippen LogP contribution in [0.4, 0.5) is 5.82 Å². The number of aromatic nitrogens is 3. The fourth-order valence-electron chi connectivity index (χ4n) is 1.95. The van der Waals surface area contributed by atoms with Gasteiger partial charge in [-0.15, -0.1) is 5.10 Å². The van der Waals surface area contributed by atoms with E-state index in [9.17, 15) is 0 Å². The number of nitrogens with two attached hydrogens (primary N) is 1. The SMILES string of the molecule is CCN(CC)c1ccc2nc(CCN)c(Br)n2n1. The molecule has 0 aliphatic heterocycles. The minimum Gasteiger partial charge on any atom is -0.356 e. The van der Waals surface area contributed by atoms with E-state index in [2.05, 4.69) is 44.8 Å². The van der Waals surface area contributed by atoms with E-state index in [0.717, 1.165) is 41.3 Å². The second-order valence-electron chi connectivity index (χ2n) is 4.02. The summed E-state index contributed by atoms with van der Waals surface area (Å²) in [7, 11) is 0. The monoisotopic (exact) mass is 311 g/mol. The zero-order valence-electron chi connectivity index (χ0n) is 10.7. The molecule has 0 saturated heterocycles. The maximum Gasteiger partial charge on any atom is 0.155 e. The fourth-order valence-corrected chi connectivity index (χ4v) is 2.50. The molecule has 2 aromatic rings. The van der Waals surface area contributed by atoms with Gasteiger partial charge in [0.1, 0.15) is 10.4 Å². The molecule has 2 aromatic heterocycles. The summed E-state index contributed by atoms with van der Waals surface area (Å²) >= 11 is 3.54. The van der Waals surface area contributed by atoms with Gasteiger partial charge in [0.2, 0.25) is 0 Å². The van der Waals surface area contributed by atoms with Gasteiger partial charge in [-0.05, 0) is 48.5 Å². The highest BCUT2D eigenvalue weighted by atomic mass is 79.9. The van der Waals surface area contributed by atoms with E-state index >= 15 is 0 Å². The van der Waals surface area contributed by atoms with E-state index in [0.29, 0.717) is 6.54 Å². The molecule has 5 nitrogen and oxygen atoms in total. The number of anilines is 1. The highest BCUT2D eigenvalue weighted by Gasteiger charge is 2.12. The Bertz CT molecular complexity index is 532. The Morgan fingerprint density at radius 2 is 2.06 bits per heavy atom. The smallest absolute Gasteiger partial charge is 0.155 e. The highest BCUT2D eigenvalue weighted by Crippen LogP contribution is 2.20. The lowest BCUT2D eigenvalue weighted by molar-refractivity contribution is 0.801. The van der Waals surface area contributed by atoms with Crippen molar-refractivity contribution >= 4 is 27.4 Å². The fraction of sp³-hybridized carbons (Fsp3) is 0.500. The van der Waals surface area contributed by atoms with Crippen molar-refractivity contribution in [2.45, 2.75) is 20.3 Å². The summed E-state index contributed by atoms with van der Waals surface area (Å²) in [4.78, 5) is 6.71. The maximum absolute atomic E-state index is 5.57. The molecular formula is C12H18BrN5. The molecule has 0 aliphatic rings. The van der Waals surface area contributed by atoms with E-state index in [1.54, 1.807) is 0 Å².